The van der Waals surface area contributed by atoms with Crippen LogP contribution < -0.4 is 0 Å². The lowest BCUT2D eigenvalue weighted by Gasteiger charge is -2.32. The van der Waals surface area contributed by atoms with Crippen LogP contribution in [0.2, 0.25) is 0 Å². The topological polar surface area (TPSA) is 59.0 Å². The molecule has 0 aliphatic carbocycles. The maximum atomic E-state index is 13.0. The molecule has 242 valence electrons. The van der Waals surface area contributed by atoms with Gasteiger partial charge in [0.2, 0.25) is 0 Å². The molecule has 1 N–H and O–H groups in total. The normalized spacial score (nSPS) is 14.2. The number of hydrogen-bond acceptors (Lipinski definition) is 4. The van der Waals surface area contributed by atoms with Crippen LogP contribution in [0.25, 0.3) is 0 Å². The largest absolute Gasteiger partial charge is 0.473 e. The Bertz CT molecular complexity index is 528. The van der Waals surface area contributed by atoms with Gasteiger partial charge in [-0.15, -0.1) is 0 Å². The molecule has 0 aromatic carbocycles. The van der Waals surface area contributed by atoms with Crippen LogP contribution >= 0.6 is 7.82 Å². The number of phosphoric ester groups is 1. The summed E-state index contributed by atoms with van der Waals surface area (Å²) in [5, 5.41) is 0. The first-order valence-electron chi connectivity index (χ1n) is 17.9. The monoisotopic (exact) mass is 590 g/mol. The van der Waals surface area contributed by atoms with Crippen LogP contribution in [-0.2, 0) is 13.6 Å². The third kappa shape index (κ3) is 26.9. The van der Waals surface area contributed by atoms with Crippen molar-refractivity contribution in [3.05, 3.63) is 0 Å². The lowest BCUT2D eigenvalue weighted by atomic mass is 10.1. The lowest BCUT2D eigenvalue weighted by molar-refractivity contribution is -0.0134. The fourth-order valence-corrected chi connectivity index (χ4v) is 6.38. The number of unbranched alkanes of at least 4 members (excludes halogenated alkanes) is 21. The molecule has 40 heavy (non-hydrogen) atoms. The fraction of sp³-hybridized carbons (Fsp3) is 1.00. The van der Waals surface area contributed by atoms with Crippen molar-refractivity contribution in [1.29, 1.82) is 0 Å². The summed E-state index contributed by atoms with van der Waals surface area (Å²) >= 11 is 0. The number of rotatable bonds is 33. The molecule has 0 rings (SSSR count). The predicted molar refractivity (Wildman–Crippen MR) is 175 cm³/mol. The minimum atomic E-state index is -4.08. The second-order valence-corrected chi connectivity index (χ2v) is 13.5. The highest BCUT2D eigenvalue weighted by Gasteiger charge is 2.30. The van der Waals surface area contributed by atoms with E-state index in [0.717, 1.165) is 64.5 Å². The van der Waals surface area contributed by atoms with E-state index in [9.17, 15) is 9.46 Å². The molecule has 0 aromatic rings. The van der Waals surface area contributed by atoms with Crippen molar-refractivity contribution in [3.8, 4) is 0 Å². The van der Waals surface area contributed by atoms with Crippen molar-refractivity contribution >= 4 is 7.82 Å². The van der Waals surface area contributed by atoms with Gasteiger partial charge in [-0.05, 0) is 32.1 Å². The van der Waals surface area contributed by atoms with E-state index in [4.69, 9.17) is 9.05 Å². The summed E-state index contributed by atoms with van der Waals surface area (Å²) in [7, 11) is -4.08. The second kappa shape index (κ2) is 30.5. The summed E-state index contributed by atoms with van der Waals surface area (Å²) in [5.41, 5.74) is 0. The molecule has 5 nitrogen and oxygen atoms in total. The van der Waals surface area contributed by atoms with E-state index < -0.39 is 7.82 Å². The molecule has 0 aliphatic heterocycles. The van der Waals surface area contributed by atoms with Crippen LogP contribution in [-0.4, -0.2) is 35.7 Å². The molecule has 0 aliphatic rings. The third-order valence-corrected chi connectivity index (χ3v) is 9.09. The van der Waals surface area contributed by atoms with Crippen LogP contribution in [0.1, 0.15) is 195 Å². The molecule has 0 amide bonds. The van der Waals surface area contributed by atoms with Gasteiger partial charge in [0, 0.05) is 13.1 Å². The minimum absolute atomic E-state index is 0.303. The summed E-state index contributed by atoms with van der Waals surface area (Å²) in [6, 6.07) is 0. The summed E-state index contributed by atoms with van der Waals surface area (Å²) in [6.45, 7) is 11.1. The van der Waals surface area contributed by atoms with E-state index in [1.165, 1.54) is 116 Å². The van der Waals surface area contributed by atoms with Gasteiger partial charge in [0.1, 0.15) is 6.23 Å². The van der Waals surface area contributed by atoms with Gasteiger partial charge in [0.05, 0.1) is 6.61 Å². The zero-order valence-electron chi connectivity index (χ0n) is 27.6. The predicted octanol–water partition coefficient (Wildman–Crippen LogP) is 12.0. The van der Waals surface area contributed by atoms with Gasteiger partial charge < -0.3 is 4.89 Å². The molecule has 0 saturated carbocycles. The quantitative estimate of drug-likeness (QED) is 0.0469. The Kier molecular flexibility index (Phi) is 30.6. The van der Waals surface area contributed by atoms with E-state index in [0.29, 0.717) is 6.61 Å². The van der Waals surface area contributed by atoms with Crippen LogP contribution in [0.15, 0.2) is 0 Å². The Labute approximate surface area is 251 Å². The van der Waals surface area contributed by atoms with Crippen molar-refractivity contribution in [2.45, 2.75) is 201 Å². The van der Waals surface area contributed by atoms with E-state index in [1.807, 2.05) is 0 Å². The highest BCUT2D eigenvalue weighted by Crippen LogP contribution is 2.46. The highest BCUT2D eigenvalue weighted by molar-refractivity contribution is 7.47. The molecule has 0 saturated heterocycles. The van der Waals surface area contributed by atoms with Gasteiger partial charge in [0.15, 0.2) is 0 Å². The van der Waals surface area contributed by atoms with Crippen LogP contribution in [0.4, 0.5) is 0 Å². The Hall–Kier alpha value is 0.0700. The molecule has 0 bridgehead atoms. The fourth-order valence-electron chi connectivity index (χ4n) is 5.41. The number of phosphoric acid groups is 1. The molecule has 0 aromatic heterocycles. The first-order chi connectivity index (χ1) is 19.5. The third-order valence-electron chi connectivity index (χ3n) is 8.07. The number of hydrogen-bond donors (Lipinski definition) is 1. The van der Waals surface area contributed by atoms with Crippen molar-refractivity contribution in [3.63, 3.8) is 0 Å². The summed E-state index contributed by atoms with van der Waals surface area (Å²) in [5.74, 6) is 0. The summed E-state index contributed by atoms with van der Waals surface area (Å²) in [4.78, 5) is 13.0. The van der Waals surface area contributed by atoms with E-state index in [2.05, 4.69) is 32.6 Å². The van der Waals surface area contributed by atoms with Crippen molar-refractivity contribution in [2.24, 2.45) is 0 Å². The lowest BCUT2D eigenvalue weighted by Crippen LogP contribution is -2.38. The summed E-state index contributed by atoms with van der Waals surface area (Å²) < 4.78 is 24.4. The van der Waals surface area contributed by atoms with Gasteiger partial charge >= 0.3 is 7.82 Å². The maximum Gasteiger partial charge on any atom is 0.473 e. The van der Waals surface area contributed by atoms with Crippen LogP contribution in [0.5, 0.6) is 0 Å². The molecular weight excluding hydrogens is 517 g/mol. The van der Waals surface area contributed by atoms with E-state index in [1.54, 1.807) is 0 Å². The Morgan fingerprint density at radius 3 is 1.30 bits per heavy atom. The first-order valence-corrected chi connectivity index (χ1v) is 19.4. The standard InChI is InChI=1S/C34H72NO4P/c1-5-9-13-16-19-21-23-27-31-35(32-28-24-22-20-17-14-10-6-2)34(30-26-12-8-4)39-40(36,37)38-33-29-25-18-15-11-7-3/h34H,5-33H2,1-4H3,(H,36,37). The van der Waals surface area contributed by atoms with Gasteiger partial charge in [-0.2, -0.15) is 0 Å². The maximum absolute atomic E-state index is 13.0. The molecule has 6 heteroatoms. The second-order valence-electron chi connectivity index (χ2n) is 12.1. The van der Waals surface area contributed by atoms with Gasteiger partial charge in [-0.25, -0.2) is 4.57 Å². The SMILES string of the molecule is CCCCCCCCCCN(CCCCCCCCCC)C(CCCCC)OP(=O)(O)OCCCCCCCC. The Morgan fingerprint density at radius 2 is 0.875 bits per heavy atom. The Balaban J connectivity index is 4.89. The van der Waals surface area contributed by atoms with Crippen molar-refractivity contribution in [2.75, 3.05) is 19.7 Å². The Morgan fingerprint density at radius 1 is 0.525 bits per heavy atom. The average molecular weight is 590 g/mol. The molecule has 0 fully saturated rings. The zero-order chi connectivity index (χ0) is 29.6. The molecule has 0 heterocycles. The minimum Gasteiger partial charge on any atom is -0.302 e. The highest BCUT2D eigenvalue weighted by atomic mass is 31.2. The first kappa shape index (κ1) is 40.1. The van der Waals surface area contributed by atoms with Crippen molar-refractivity contribution < 1.29 is 18.5 Å². The van der Waals surface area contributed by atoms with Crippen molar-refractivity contribution in [1.82, 2.24) is 4.90 Å². The van der Waals surface area contributed by atoms with Gasteiger partial charge in [0.25, 0.3) is 0 Å². The molecule has 2 atom stereocenters. The van der Waals surface area contributed by atoms with Gasteiger partial charge in [-0.1, -0.05) is 163 Å². The molecular formula is C34H72NO4P. The van der Waals surface area contributed by atoms with E-state index >= 15 is 0 Å². The average Bonchev–Trinajstić information content (AvgIpc) is 2.93. The number of nitrogens with zero attached hydrogens (tertiary/aromatic N) is 1. The van der Waals surface area contributed by atoms with Crippen LogP contribution in [0.3, 0.4) is 0 Å². The molecule has 0 spiro atoms. The zero-order valence-corrected chi connectivity index (χ0v) is 28.5. The van der Waals surface area contributed by atoms with Gasteiger partial charge in [-0.3, -0.25) is 13.9 Å². The summed E-state index contributed by atoms with van der Waals surface area (Å²) in [6.07, 6.45) is 31.2. The molecule has 2 unspecified atom stereocenters. The smallest absolute Gasteiger partial charge is 0.302 e. The van der Waals surface area contributed by atoms with Crippen LogP contribution in [0, 0.1) is 0 Å². The van der Waals surface area contributed by atoms with E-state index in [-0.39, 0.29) is 6.23 Å². The molecule has 0 radical (unpaired) electrons.